The van der Waals surface area contributed by atoms with Gasteiger partial charge in [0.15, 0.2) is 6.79 Å². The van der Waals surface area contributed by atoms with Crippen LogP contribution >= 0.6 is 0 Å². The predicted octanol–water partition coefficient (Wildman–Crippen LogP) is 3.92. The molecule has 1 amide bonds. The van der Waals surface area contributed by atoms with E-state index in [1.807, 2.05) is 0 Å². The minimum Gasteiger partial charge on any atom is -0.465 e. The highest BCUT2D eigenvalue weighted by Gasteiger charge is 2.32. The number of nitrogens with zero attached hydrogens (tertiary/aromatic N) is 2. The number of carbonyl (C=O) groups excluding carboxylic acids is 1. The van der Waals surface area contributed by atoms with Crippen molar-refractivity contribution in [1.82, 2.24) is 4.98 Å². The van der Waals surface area contributed by atoms with Crippen molar-refractivity contribution in [3.63, 3.8) is 0 Å². The van der Waals surface area contributed by atoms with Gasteiger partial charge in [0.2, 0.25) is 10.0 Å². The molecule has 1 aliphatic rings. The van der Waals surface area contributed by atoms with Gasteiger partial charge >= 0.3 is 6.18 Å². The summed E-state index contributed by atoms with van der Waals surface area (Å²) in [5, 5.41) is 0. The molecule has 1 aromatic heterocycles. The summed E-state index contributed by atoms with van der Waals surface area (Å²) in [5.41, 5.74) is 7.10. The minimum atomic E-state index is -4.57. The lowest BCUT2D eigenvalue weighted by molar-refractivity contribution is -0.137. The lowest BCUT2D eigenvalue weighted by Gasteiger charge is -2.29. The fourth-order valence-electron chi connectivity index (χ4n) is 4.16. The Morgan fingerprint density at radius 1 is 1.12 bits per heavy atom. The summed E-state index contributed by atoms with van der Waals surface area (Å²) in [7, 11) is -2.14. The molecule has 0 saturated carbocycles. The average Bonchev–Trinajstić information content (AvgIpc) is 2.88. The minimum absolute atomic E-state index is 0.129. The van der Waals surface area contributed by atoms with Gasteiger partial charge in [-0.1, -0.05) is 6.07 Å². The highest BCUT2D eigenvalue weighted by Crippen LogP contribution is 2.36. The summed E-state index contributed by atoms with van der Waals surface area (Å²) in [4.78, 5) is 18.8. The first-order valence-corrected chi connectivity index (χ1v) is 13.9. The number of hydrogen-bond donors (Lipinski definition) is 2. The van der Waals surface area contributed by atoms with Crippen molar-refractivity contribution in [2.45, 2.75) is 12.6 Å². The van der Waals surface area contributed by atoms with Crippen molar-refractivity contribution >= 4 is 33.0 Å². The summed E-state index contributed by atoms with van der Waals surface area (Å²) < 4.78 is 81.0. The lowest BCUT2D eigenvalue weighted by atomic mass is 9.94. The smallest absolute Gasteiger partial charge is 0.417 e. The number of ether oxygens (including phenoxy) is 3. The highest BCUT2D eigenvalue weighted by atomic mass is 32.2. The van der Waals surface area contributed by atoms with Crippen molar-refractivity contribution in [1.29, 1.82) is 0 Å². The molecule has 14 heteroatoms. The molecule has 214 valence electrons. The number of alkyl halides is 3. The van der Waals surface area contributed by atoms with Crippen LogP contribution in [0.2, 0.25) is 0 Å². The van der Waals surface area contributed by atoms with Gasteiger partial charge < -0.3 is 24.8 Å². The normalized spacial score (nSPS) is 13.7. The molecular weight excluding hydrogens is 553 g/mol. The van der Waals surface area contributed by atoms with Gasteiger partial charge in [-0.25, -0.2) is 8.42 Å². The van der Waals surface area contributed by atoms with Crippen molar-refractivity contribution in [2.75, 3.05) is 55.3 Å². The number of sulfonamides is 1. The Balaban J connectivity index is 1.57. The first kappa shape index (κ1) is 29.1. The van der Waals surface area contributed by atoms with E-state index < -0.39 is 21.8 Å². The maximum Gasteiger partial charge on any atom is 0.417 e. The Morgan fingerprint density at radius 3 is 2.58 bits per heavy atom. The first-order chi connectivity index (χ1) is 18.9. The largest absolute Gasteiger partial charge is 0.465 e. The van der Waals surface area contributed by atoms with Gasteiger partial charge in [-0.2, -0.15) is 13.2 Å². The number of methoxy groups -OCH3 is 1. The Bertz CT molecular complexity index is 1510. The van der Waals surface area contributed by atoms with Gasteiger partial charge in [0.1, 0.15) is 5.75 Å². The number of anilines is 3. The van der Waals surface area contributed by atoms with Crippen LogP contribution in [0.15, 0.2) is 48.7 Å². The molecule has 0 unspecified atom stereocenters. The second-order valence-corrected chi connectivity index (χ2v) is 10.7. The molecule has 0 bridgehead atoms. The molecule has 0 spiro atoms. The molecule has 0 aliphatic carbocycles. The lowest BCUT2D eigenvalue weighted by Crippen LogP contribution is -2.37. The summed E-state index contributed by atoms with van der Waals surface area (Å²) >= 11 is 0. The van der Waals surface area contributed by atoms with Gasteiger partial charge in [0, 0.05) is 36.7 Å². The third-order valence-electron chi connectivity index (χ3n) is 6.00. The molecule has 3 N–H and O–H groups in total. The molecule has 3 aromatic rings. The number of carbonyl (C=O) groups is 1. The number of hydrogen-bond acceptors (Lipinski definition) is 8. The molecule has 0 radical (unpaired) electrons. The maximum absolute atomic E-state index is 13.4. The quantitative estimate of drug-likeness (QED) is 0.272. The Kier molecular flexibility index (Phi) is 8.51. The number of nitrogen functional groups attached to an aromatic ring is 1. The zero-order valence-electron chi connectivity index (χ0n) is 21.6. The number of benzene rings is 2. The van der Waals surface area contributed by atoms with E-state index in [9.17, 15) is 26.4 Å². The summed E-state index contributed by atoms with van der Waals surface area (Å²) in [6.45, 7) is 0.779. The van der Waals surface area contributed by atoms with Crippen molar-refractivity contribution < 1.29 is 40.6 Å². The van der Waals surface area contributed by atoms with Crippen LogP contribution in [0.1, 0.15) is 21.5 Å². The van der Waals surface area contributed by atoms with E-state index in [1.165, 1.54) is 24.1 Å². The van der Waals surface area contributed by atoms with Crippen LogP contribution in [0.4, 0.5) is 30.2 Å². The number of halogens is 3. The predicted molar refractivity (Wildman–Crippen MR) is 143 cm³/mol. The fraction of sp³-hybridized carbons (Fsp3) is 0.308. The standard InChI is InChI=1S/C26H27F3N4O6S/c1-37-9-10-38-15-39-23-6-4-19(13-22(23)32-40(2,35)36)33-8-7-16-11-17(3-5-20(16)25(33)34)24-21(30)12-18(14-31-24)26(27,28)29/h3-6,11-14,32H,7-10,15,30H2,1-2H3. The zero-order valence-corrected chi connectivity index (χ0v) is 22.4. The van der Waals surface area contributed by atoms with Gasteiger partial charge in [-0.3, -0.25) is 14.5 Å². The molecule has 10 nitrogen and oxygen atoms in total. The van der Waals surface area contributed by atoms with E-state index in [1.54, 1.807) is 24.3 Å². The fourth-order valence-corrected chi connectivity index (χ4v) is 4.72. The Hall–Kier alpha value is -3.88. The third-order valence-corrected chi connectivity index (χ3v) is 6.59. The average molecular weight is 581 g/mol. The van der Waals surface area contributed by atoms with E-state index in [0.29, 0.717) is 35.4 Å². The van der Waals surface area contributed by atoms with Crippen molar-refractivity contribution in [2.24, 2.45) is 0 Å². The van der Waals surface area contributed by atoms with Crippen molar-refractivity contribution in [3.8, 4) is 17.0 Å². The second-order valence-electron chi connectivity index (χ2n) is 8.96. The van der Waals surface area contributed by atoms with E-state index >= 15 is 0 Å². The molecular formula is C26H27F3N4O6S. The summed E-state index contributed by atoms with van der Waals surface area (Å²) in [6.07, 6.45) is -2.42. The third kappa shape index (κ3) is 6.81. The van der Waals surface area contributed by atoms with Crippen LogP contribution < -0.4 is 20.1 Å². The van der Waals surface area contributed by atoms with Crippen LogP contribution in [-0.2, 0) is 32.1 Å². The van der Waals surface area contributed by atoms with Crippen molar-refractivity contribution in [3.05, 3.63) is 65.4 Å². The molecule has 0 fully saturated rings. The van der Waals surface area contributed by atoms with E-state index in [2.05, 4.69) is 9.71 Å². The Labute approximate surface area is 228 Å². The van der Waals surface area contributed by atoms with Gasteiger partial charge in [-0.15, -0.1) is 0 Å². The summed E-state index contributed by atoms with van der Waals surface area (Å²) in [5.74, 6) is -0.120. The van der Waals surface area contributed by atoms with E-state index in [0.717, 1.165) is 18.5 Å². The number of nitrogens with one attached hydrogen (secondary N) is 1. The number of amides is 1. The van der Waals surface area contributed by atoms with E-state index in [-0.39, 0.29) is 48.7 Å². The molecule has 0 atom stereocenters. The van der Waals surface area contributed by atoms with Crippen LogP contribution in [0.25, 0.3) is 11.3 Å². The number of rotatable bonds is 10. The monoisotopic (exact) mass is 580 g/mol. The molecule has 4 rings (SSSR count). The van der Waals surface area contributed by atoms with Crippen LogP contribution in [-0.4, -0.2) is 59.2 Å². The first-order valence-electron chi connectivity index (χ1n) is 12.0. The topological polar surface area (TPSA) is 133 Å². The highest BCUT2D eigenvalue weighted by molar-refractivity contribution is 7.92. The SMILES string of the molecule is COCCOCOc1ccc(N2CCc3cc(-c4ncc(C(F)(F)F)cc4N)ccc3C2=O)cc1NS(C)(=O)=O. The summed E-state index contributed by atoms with van der Waals surface area (Å²) in [6, 6.07) is 10.3. The molecule has 2 aromatic carbocycles. The Morgan fingerprint density at radius 2 is 1.90 bits per heavy atom. The molecule has 40 heavy (non-hydrogen) atoms. The number of fused-ring (bicyclic) bond motifs is 1. The molecule has 0 saturated heterocycles. The van der Waals surface area contributed by atoms with Gasteiger partial charge in [-0.05, 0) is 48.4 Å². The molecule has 2 heterocycles. The number of nitrogens with two attached hydrogens (primary N) is 1. The maximum atomic E-state index is 13.4. The van der Waals surface area contributed by atoms with Crippen LogP contribution in [0.5, 0.6) is 5.75 Å². The number of pyridine rings is 1. The zero-order chi connectivity index (χ0) is 29.1. The van der Waals surface area contributed by atoms with Crippen LogP contribution in [0.3, 0.4) is 0 Å². The second kappa shape index (κ2) is 11.7. The number of aromatic nitrogens is 1. The van der Waals surface area contributed by atoms with Crippen LogP contribution in [0, 0.1) is 0 Å². The van der Waals surface area contributed by atoms with Gasteiger partial charge in [0.25, 0.3) is 5.91 Å². The van der Waals surface area contributed by atoms with E-state index in [4.69, 9.17) is 19.9 Å². The molecule has 1 aliphatic heterocycles. The van der Waals surface area contributed by atoms with Gasteiger partial charge in [0.05, 0.1) is 42.1 Å².